The molecule has 0 saturated heterocycles. The standard InChI is InChI=1S/C22H24O7/c1-9-14-17-19(28-9)18(25)15-10-5-6-12(24)21(10,2)7-11(23)16(15)22(17,3)13(8-27-4)29-20(14)26/h10-11,13,23H,5-8H2,1-4H3/t10-,11+,13+,21?,22?/m0/s1. The number of cyclic esters (lactones) is 1. The molecule has 2 heterocycles. The number of methoxy groups -OCH3 is 1. The van der Waals surface area contributed by atoms with Gasteiger partial charge >= 0.3 is 5.97 Å². The number of fused-ring (bicyclic) bond motifs is 3. The van der Waals surface area contributed by atoms with E-state index in [1.807, 2.05) is 13.8 Å². The number of allylic oxidation sites excluding steroid dienone is 1. The number of ketones is 2. The van der Waals surface area contributed by atoms with Crippen LogP contribution in [0.1, 0.15) is 65.3 Å². The van der Waals surface area contributed by atoms with E-state index in [-0.39, 0.29) is 41.8 Å². The van der Waals surface area contributed by atoms with Gasteiger partial charge in [0, 0.05) is 36.0 Å². The highest BCUT2D eigenvalue weighted by atomic mass is 16.6. The zero-order chi connectivity index (χ0) is 20.9. The van der Waals surface area contributed by atoms with Crippen molar-refractivity contribution in [1.29, 1.82) is 0 Å². The number of hydrogen-bond donors (Lipinski definition) is 1. The van der Waals surface area contributed by atoms with Gasteiger partial charge in [-0.2, -0.15) is 0 Å². The number of carbonyl (C=O) groups is 3. The summed E-state index contributed by atoms with van der Waals surface area (Å²) in [6.45, 7) is 5.48. The van der Waals surface area contributed by atoms with Crippen molar-refractivity contribution < 1.29 is 33.4 Å². The molecular formula is C22H24O7. The van der Waals surface area contributed by atoms with E-state index in [0.717, 1.165) is 0 Å². The highest BCUT2D eigenvalue weighted by Crippen LogP contribution is 2.60. The van der Waals surface area contributed by atoms with Crippen molar-refractivity contribution in [3.63, 3.8) is 0 Å². The summed E-state index contributed by atoms with van der Waals surface area (Å²) in [4.78, 5) is 38.9. The quantitative estimate of drug-likeness (QED) is 0.760. The summed E-state index contributed by atoms with van der Waals surface area (Å²) in [5, 5.41) is 11.2. The third kappa shape index (κ3) is 2.02. The Balaban J connectivity index is 1.84. The van der Waals surface area contributed by atoms with Gasteiger partial charge in [0.25, 0.3) is 0 Å². The molecule has 0 spiro atoms. The number of rotatable bonds is 2. The summed E-state index contributed by atoms with van der Waals surface area (Å²) in [7, 11) is 1.52. The molecule has 0 amide bonds. The van der Waals surface area contributed by atoms with Gasteiger partial charge in [-0.1, -0.05) is 6.92 Å². The van der Waals surface area contributed by atoms with E-state index in [1.165, 1.54) is 7.11 Å². The molecule has 3 aliphatic carbocycles. The molecule has 4 aliphatic rings. The van der Waals surface area contributed by atoms with Crippen molar-refractivity contribution in [3.05, 3.63) is 33.8 Å². The van der Waals surface area contributed by atoms with Crippen LogP contribution in [0.15, 0.2) is 15.6 Å². The van der Waals surface area contributed by atoms with Gasteiger partial charge in [0.05, 0.1) is 18.1 Å². The van der Waals surface area contributed by atoms with Crippen molar-refractivity contribution in [2.75, 3.05) is 13.7 Å². The van der Waals surface area contributed by atoms with Gasteiger partial charge in [0.15, 0.2) is 5.76 Å². The molecule has 0 aromatic carbocycles. The number of esters is 1. The first-order valence-electron chi connectivity index (χ1n) is 10.0. The maximum absolute atomic E-state index is 13.6. The summed E-state index contributed by atoms with van der Waals surface area (Å²) in [6.07, 6.45) is -0.486. The van der Waals surface area contributed by atoms with Gasteiger partial charge in [0.1, 0.15) is 23.2 Å². The first-order valence-corrected chi connectivity index (χ1v) is 10.0. The van der Waals surface area contributed by atoms with Gasteiger partial charge in [0.2, 0.25) is 5.78 Å². The number of aliphatic hydroxyl groups excluding tert-OH is 1. The molecule has 5 rings (SSSR count). The fourth-order valence-corrected chi connectivity index (χ4v) is 6.27. The Morgan fingerprint density at radius 3 is 2.66 bits per heavy atom. The number of furan rings is 1. The minimum absolute atomic E-state index is 0.0803. The molecule has 5 atom stereocenters. The fourth-order valence-electron chi connectivity index (χ4n) is 6.27. The van der Waals surface area contributed by atoms with Crippen LogP contribution in [0, 0.1) is 18.3 Å². The van der Waals surface area contributed by atoms with Crippen molar-refractivity contribution in [1.82, 2.24) is 0 Å². The lowest BCUT2D eigenvalue weighted by Crippen LogP contribution is -2.56. The van der Waals surface area contributed by atoms with Crippen molar-refractivity contribution in [2.24, 2.45) is 11.3 Å². The molecule has 2 unspecified atom stereocenters. The second-order valence-corrected chi connectivity index (χ2v) is 9.10. The Morgan fingerprint density at radius 2 is 1.97 bits per heavy atom. The Kier molecular flexibility index (Phi) is 3.67. The third-order valence-electron chi connectivity index (χ3n) is 7.68. The van der Waals surface area contributed by atoms with Gasteiger partial charge in [-0.05, 0) is 32.3 Å². The smallest absolute Gasteiger partial charge is 0.342 e. The Hall–Kier alpha value is -2.25. The maximum atomic E-state index is 13.6. The van der Waals surface area contributed by atoms with Crippen LogP contribution in [0.2, 0.25) is 0 Å². The zero-order valence-corrected chi connectivity index (χ0v) is 17.0. The second-order valence-electron chi connectivity index (χ2n) is 9.10. The van der Waals surface area contributed by atoms with Gasteiger partial charge in [-0.3, -0.25) is 9.59 Å². The fraction of sp³-hybridized carbons (Fsp3) is 0.591. The van der Waals surface area contributed by atoms with E-state index in [9.17, 15) is 19.5 Å². The third-order valence-corrected chi connectivity index (χ3v) is 7.68. The summed E-state index contributed by atoms with van der Waals surface area (Å²) >= 11 is 0. The van der Waals surface area contributed by atoms with E-state index in [1.54, 1.807) is 6.92 Å². The van der Waals surface area contributed by atoms with Crippen LogP contribution in [-0.2, 0) is 19.7 Å². The normalized spacial score (nSPS) is 38.0. The van der Waals surface area contributed by atoms with Gasteiger partial charge in [-0.15, -0.1) is 0 Å². The Morgan fingerprint density at radius 1 is 1.24 bits per heavy atom. The van der Waals surface area contributed by atoms with Crippen LogP contribution in [-0.4, -0.2) is 48.6 Å². The lowest BCUT2D eigenvalue weighted by Gasteiger charge is -2.51. The molecule has 1 aromatic rings. The molecule has 29 heavy (non-hydrogen) atoms. The summed E-state index contributed by atoms with van der Waals surface area (Å²) in [5.74, 6) is -0.605. The van der Waals surface area contributed by atoms with Gasteiger partial charge < -0.3 is 19.0 Å². The molecule has 1 aromatic heterocycles. The largest absolute Gasteiger partial charge is 0.457 e. The van der Waals surface area contributed by atoms with E-state index < -0.39 is 29.0 Å². The van der Waals surface area contributed by atoms with Crippen LogP contribution < -0.4 is 0 Å². The van der Waals surface area contributed by atoms with E-state index >= 15 is 0 Å². The molecule has 1 saturated carbocycles. The second kappa shape index (κ2) is 5.67. The lowest BCUT2D eigenvalue weighted by molar-refractivity contribution is -0.128. The molecule has 0 bridgehead atoms. The number of aryl methyl sites for hydroxylation is 1. The predicted octanol–water partition coefficient (Wildman–Crippen LogP) is 2.27. The zero-order valence-electron chi connectivity index (χ0n) is 17.0. The summed E-state index contributed by atoms with van der Waals surface area (Å²) < 4.78 is 16.9. The molecule has 7 heteroatoms. The summed E-state index contributed by atoms with van der Waals surface area (Å²) in [6, 6.07) is 0. The van der Waals surface area contributed by atoms with Crippen molar-refractivity contribution in [3.8, 4) is 0 Å². The van der Waals surface area contributed by atoms with E-state index in [2.05, 4.69) is 0 Å². The number of aliphatic hydroxyl groups is 1. The monoisotopic (exact) mass is 400 g/mol. The molecule has 7 nitrogen and oxygen atoms in total. The Labute approximate surface area is 168 Å². The number of Topliss-reactive ketones (excluding diaryl/α,β-unsaturated/α-hetero) is 2. The number of ether oxygens (including phenoxy) is 2. The lowest BCUT2D eigenvalue weighted by atomic mass is 9.54. The van der Waals surface area contributed by atoms with Crippen LogP contribution in [0.25, 0.3) is 0 Å². The molecule has 0 radical (unpaired) electrons. The molecule has 1 aliphatic heterocycles. The highest BCUT2D eigenvalue weighted by Gasteiger charge is 2.63. The van der Waals surface area contributed by atoms with E-state index in [4.69, 9.17) is 13.9 Å². The van der Waals surface area contributed by atoms with Crippen LogP contribution in [0.5, 0.6) is 0 Å². The van der Waals surface area contributed by atoms with Gasteiger partial charge in [-0.25, -0.2) is 4.79 Å². The SMILES string of the molecule is COC[C@H]1OC(=O)c2c(C)oc3c2C1(C)C1=C(C3=O)[C@@H]2CCC(=O)C2(C)C[C@H]1O. The molecule has 1 fully saturated rings. The number of hydrogen-bond acceptors (Lipinski definition) is 7. The minimum atomic E-state index is -0.991. The molecular weight excluding hydrogens is 376 g/mol. The maximum Gasteiger partial charge on any atom is 0.342 e. The topological polar surface area (TPSA) is 103 Å². The average Bonchev–Trinajstić information content (AvgIpc) is 3.15. The van der Waals surface area contributed by atoms with Crippen molar-refractivity contribution >= 4 is 17.5 Å². The summed E-state index contributed by atoms with van der Waals surface area (Å²) in [5.41, 5.74) is 0.0492. The van der Waals surface area contributed by atoms with Crippen LogP contribution in [0.4, 0.5) is 0 Å². The first kappa shape index (κ1) is 18.8. The average molecular weight is 400 g/mol. The van der Waals surface area contributed by atoms with Crippen LogP contribution in [0.3, 0.4) is 0 Å². The van der Waals surface area contributed by atoms with Crippen LogP contribution >= 0.6 is 0 Å². The highest BCUT2D eigenvalue weighted by molar-refractivity contribution is 6.14. The first-order chi connectivity index (χ1) is 13.7. The van der Waals surface area contributed by atoms with Crippen molar-refractivity contribution in [2.45, 2.75) is 57.7 Å². The predicted molar refractivity (Wildman–Crippen MR) is 99.7 cm³/mol. The Bertz CT molecular complexity index is 1010. The molecule has 154 valence electrons. The number of carbonyl (C=O) groups excluding carboxylic acids is 3. The molecule has 1 N–H and O–H groups in total. The van der Waals surface area contributed by atoms with E-state index in [0.29, 0.717) is 35.3 Å². The minimum Gasteiger partial charge on any atom is -0.457 e.